The van der Waals surface area contributed by atoms with Gasteiger partial charge in [0.05, 0.1) is 16.7 Å². The smallest absolute Gasteiger partial charge is 0.100 e. The normalized spacial score (nSPS) is 10.9. The van der Waals surface area contributed by atoms with Crippen LogP contribution in [0.5, 0.6) is 0 Å². The standard InChI is InChI=1S/C15H13BrN2/c16-10-9-12-5-1-3-7-14(12)18-11-17-13-6-2-4-8-15(13)18/h1-8,11H,9-10H2. The van der Waals surface area contributed by atoms with E-state index in [9.17, 15) is 0 Å². The van der Waals surface area contributed by atoms with E-state index < -0.39 is 0 Å². The molecule has 0 saturated carbocycles. The van der Waals surface area contributed by atoms with Crippen molar-refractivity contribution in [1.82, 2.24) is 9.55 Å². The molecule has 0 N–H and O–H groups in total. The Morgan fingerprint density at radius 1 is 1.00 bits per heavy atom. The summed E-state index contributed by atoms with van der Waals surface area (Å²) in [6.45, 7) is 0. The molecule has 1 heterocycles. The molecular weight excluding hydrogens is 288 g/mol. The molecule has 0 aliphatic carbocycles. The number of benzene rings is 2. The van der Waals surface area contributed by atoms with Gasteiger partial charge in [-0.25, -0.2) is 4.98 Å². The Bertz CT molecular complexity index is 673. The third-order valence-corrected chi connectivity index (χ3v) is 3.47. The number of alkyl halides is 1. The second kappa shape index (κ2) is 4.94. The number of imidazole rings is 1. The van der Waals surface area contributed by atoms with Gasteiger partial charge in [-0.2, -0.15) is 0 Å². The lowest BCUT2D eigenvalue weighted by molar-refractivity contribution is 1.03. The van der Waals surface area contributed by atoms with Crippen molar-refractivity contribution < 1.29 is 0 Å². The summed E-state index contributed by atoms with van der Waals surface area (Å²) in [4.78, 5) is 4.45. The van der Waals surface area contributed by atoms with Crippen LogP contribution in [0.2, 0.25) is 0 Å². The first-order chi connectivity index (χ1) is 8.90. The van der Waals surface area contributed by atoms with Crippen LogP contribution in [0.4, 0.5) is 0 Å². The first-order valence-corrected chi connectivity index (χ1v) is 7.08. The number of rotatable bonds is 3. The minimum Gasteiger partial charge on any atom is -0.299 e. The van der Waals surface area contributed by atoms with Gasteiger partial charge in [-0.3, -0.25) is 4.57 Å². The maximum Gasteiger partial charge on any atom is 0.100 e. The fourth-order valence-corrected chi connectivity index (χ4v) is 2.64. The van der Waals surface area contributed by atoms with E-state index in [1.165, 1.54) is 11.3 Å². The molecule has 3 rings (SSSR count). The first kappa shape index (κ1) is 11.5. The maximum atomic E-state index is 4.45. The molecule has 3 heteroatoms. The molecule has 3 aromatic rings. The van der Waals surface area contributed by atoms with Gasteiger partial charge in [0.2, 0.25) is 0 Å². The SMILES string of the molecule is BrCCc1ccccc1-n1cnc2ccccc21. The number of nitrogens with zero attached hydrogens (tertiary/aromatic N) is 2. The first-order valence-electron chi connectivity index (χ1n) is 5.96. The van der Waals surface area contributed by atoms with Crippen molar-refractivity contribution in [2.24, 2.45) is 0 Å². The van der Waals surface area contributed by atoms with E-state index in [1.807, 2.05) is 24.5 Å². The Balaban J connectivity index is 2.20. The highest BCUT2D eigenvalue weighted by molar-refractivity contribution is 9.09. The Labute approximate surface area is 114 Å². The lowest BCUT2D eigenvalue weighted by Crippen LogP contribution is -1.98. The summed E-state index contributed by atoms with van der Waals surface area (Å²) < 4.78 is 2.16. The monoisotopic (exact) mass is 300 g/mol. The molecule has 0 bridgehead atoms. The number of aryl methyl sites for hydroxylation is 1. The lowest BCUT2D eigenvalue weighted by Gasteiger charge is -2.10. The molecule has 2 nitrogen and oxygen atoms in total. The summed E-state index contributed by atoms with van der Waals surface area (Å²) >= 11 is 3.51. The number of halogens is 1. The molecule has 0 unspecified atom stereocenters. The van der Waals surface area contributed by atoms with E-state index in [1.54, 1.807) is 0 Å². The third-order valence-electron chi connectivity index (χ3n) is 3.07. The van der Waals surface area contributed by atoms with Gasteiger partial charge < -0.3 is 0 Å². The minimum atomic E-state index is 0.969. The maximum absolute atomic E-state index is 4.45. The lowest BCUT2D eigenvalue weighted by atomic mass is 10.1. The molecule has 90 valence electrons. The Kier molecular flexibility index (Phi) is 3.15. The van der Waals surface area contributed by atoms with E-state index >= 15 is 0 Å². The topological polar surface area (TPSA) is 17.8 Å². The summed E-state index contributed by atoms with van der Waals surface area (Å²) in [5.41, 5.74) is 4.73. The van der Waals surface area contributed by atoms with Crippen molar-refractivity contribution in [3.8, 4) is 5.69 Å². The zero-order valence-electron chi connectivity index (χ0n) is 9.88. The van der Waals surface area contributed by atoms with Gasteiger partial charge >= 0.3 is 0 Å². The van der Waals surface area contributed by atoms with Crippen molar-refractivity contribution in [3.05, 3.63) is 60.4 Å². The zero-order chi connectivity index (χ0) is 12.4. The highest BCUT2D eigenvalue weighted by Crippen LogP contribution is 2.21. The predicted molar refractivity (Wildman–Crippen MR) is 78.6 cm³/mol. The molecule has 0 atom stereocenters. The summed E-state index contributed by atoms with van der Waals surface area (Å²) in [5.74, 6) is 0. The van der Waals surface area contributed by atoms with Crippen molar-refractivity contribution in [2.75, 3.05) is 5.33 Å². The van der Waals surface area contributed by atoms with Crippen LogP contribution >= 0.6 is 15.9 Å². The molecule has 0 radical (unpaired) electrons. The van der Waals surface area contributed by atoms with Gasteiger partial charge in [0.1, 0.15) is 6.33 Å². The number of hydrogen-bond donors (Lipinski definition) is 0. The van der Waals surface area contributed by atoms with Crippen molar-refractivity contribution >= 4 is 27.0 Å². The van der Waals surface area contributed by atoms with Gasteiger partial charge in [0.25, 0.3) is 0 Å². The van der Waals surface area contributed by atoms with E-state index in [0.29, 0.717) is 0 Å². The summed E-state index contributed by atoms with van der Waals surface area (Å²) in [5, 5.41) is 0.969. The van der Waals surface area contributed by atoms with Crippen LogP contribution < -0.4 is 0 Å². The van der Waals surface area contributed by atoms with Crippen LogP contribution in [0.1, 0.15) is 5.56 Å². The molecule has 0 aliphatic rings. The summed E-state index contributed by atoms with van der Waals surface area (Å²) in [6, 6.07) is 16.7. The average Bonchev–Trinajstić information content (AvgIpc) is 2.84. The van der Waals surface area contributed by atoms with E-state index in [-0.39, 0.29) is 0 Å². The average molecular weight is 301 g/mol. The Morgan fingerprint density at radius 3 is 2.67 bits per heavy atom. The van der Waals surface area contributed by atoms with E-state index in [0.717, 1.165) is 22.8 Å². The Hall–Kier alpha value is -1.61. The van der Waals surface area contributed by atoms with Crippen LogP contribution in [-0.2, 0) is 6.42 Å². The molecule has 2 aromatic carbocycles. The fraction of sp³-hybridized carbons (Fsp3) is 0.133. The van der Waals surface area contributed by atoms with Crippen LogP contribution in [0.15, 0.2) is 54.9 Å². The molecular formula is C15H13BrN2. The van der Waals surface area contributed by atoms with Gasteiger partial charge in [0, 0.05) is 5.33 Å². The van der Waals surface area contributed by atoms with Gasteiger partial charge in [-0.05, 0) is 30.2 Å². The van der Waals surface area contributed by atoms with Crippen molar-refractivity contribution in [1.29, 1.82) is 0 Å². The van der Waals surface area contributed by atoms with Crippen LogP contribution in [0, 0.1) is 0 Å². The summed E-state index contributed by atoms with van der Waals surface area (Å²) in [6.07, 6.45) is 2.92. The molecule has 0 saturated heterocycles. The molecule has 18 heavy (non-hydrogen) atoms. The quantitative estimate of drug-likeness (QED) is 0.669. The van der Waals surface area contributed by atoms with Gasteiger partial charge in [-0.1, -0.05) is 46.3 Å². The van der Waals surface area contributed by atoms with Crippen LogP contribution in [0.25, 0.3) is 16.7 Å². The number of para-hydroxylation sites is 3. The third kappa shape index (κ3) is 1.95. The van der Waals surface area contributed by atoms with Crippen molar-refractivity contribution in [2.45, 2.75) is 6.42 Å². The van der Waals surface area contributed by atoms with Crippen molar-refractivity contribution in [3.63, 3.8) is 0 Å². The number of fused-ring (bicyclic) bond motifs is 1. The molecule has 1 aromatic heterocycles. The number of aromatic nitrogens is 2. The highest BCUT2D eigenvalue weighted by Gasteiger charge is 2.07. The van der Waals surface area contributed by atoms with Gasteiger partial charge in [0.15, 0.2) is 0 Å². The second-order valence-electron chi connectivity index (χ2n) is 4.17. The predicted octanol–water partition coefficient (Wildman–Crippen LogP) is 3.96. The molecule has 0 aliphatic heterocycles. The summed E-state index contributed by atoms with van der Waals surface area (Å²) in [7, 11) is 0. The van der Waals surface area contributed by atoms with Crippen LogP contribution in [-0.4, -0.2) is 14.9 Å². The minimum absolute atomic E-state index is 0.969. The van der Waals surface area contributed by atoms with E-state index in [4.69, 9.17) is 0 Å². The van der Waals surface area contributed by atoms with E-state index in [2.05, 4.69) is 55.8 Å². The molecule has 0 amide bonds. The van der Waals surface area contributed by atoms with Crippen LogP contribution in [0.3, 0.4) is 0 Å². The molecule has 0 fully saturated rings. The molecule has 0 spiro atoms. The largest absolute Gasteiger partial charge is 0.299 e. The zero-order valence-corrected chi connectivity index (χ0v) is 11.5. The van der Waals surface area contributed by atoms with Gasteiger partial charge in [-0.15, -0.1) is 0 Å². The highest BCUT2D eigenvalue weighted by atomic mass is 79.9. The number of hydrogen-bond acceptors (Lipinski definition) is 1. The fourth-order valence-electron chi connectivity index (χ4n) is 2.21. The Morgan fingerprint density at radius 2 is 1.78 bits per heavy atom. The second-order valence-corrected chi connectivity index (χ2v) is 4.96.